The lowest BCUT2D eigenvalue weighted by atomic mass is 9.99. The molecule has 3 aromatic rings. The van der Waals surface area contributed by atoms with E-state index in [9.17, 15) is 9.59 Å². The second-order valence-corrected chi connectivity index (χ2v) is 17.7. The molecule has 5 rings (SSSR count). The second kappa shape index (κ2) is 24.6. The Hall–Kier alpha value is -4.20. The van der Waals surface area contributed by atoms with E-state index < -0.39 is 6.04 Å². The van der Waals surface area contributed by atoms with Crippen molar-refractivity contribution in [1.82, 2.24) is 10.6 Å². The van der Waals surface area contributed by atoms with E-state index in [4.69, 9.17) is 51.1 Å². The van der Waals surface area contributed by atoms with Crippen LogP contribution in [-0.4, -0.2) is 131 Å². The maximum absolute atomic E-state index is 13.1. The van der Waals surface area contributed by atoms with E-state index in [0.29, 0.717) is 106 Å². The first-order valence-electron chi connectivity index (χ1n) is 20.8. The fourth-order valence-corrected chi connectivity index (χ4v) is 8.87. The van der Waals surface area contributed by atoms with Crippen LogP contribution < -0.4 is 20.9 Å². The van der Waals surface area contributed by atoms with Gasteiger partial charge in [0.05, 0.1) is 84.2 Å². The lowest BCUT2D eigenvalue weighted by molar-refractivity contribution is -0.121. The topological polar surface area (TPSA) is 192 Å². The van der Waals surface area contributed by atoms with E-state index in [1.54, 1.807) is 35.7 Å². The van der Waals surface area contributed by atoms with Crippen molar-refractivity contribution in [3.05, 3.63) is 80.2 Å². The van der Waals surface area contributed by atoms with Crippen LogP contribution in [0.5, 0.6) is 0 Å². The van der Waals surface area contributed by atoms with E-state index in [0.717, 1.165) is 37.8 Å². The molecule has 3 atom stereocenters. The van der Waals surface area contributed by atoms with Gasteiger partial charge in [-0.1, -0.05) is 48.5 Å². The molecule has 2 aliphatic heterocycles. The molecule has 2 unspecified atom stereocenters. The van der Waals surface area contributed by atoms with Crippen LogP contribution in [0.25, 0.3) is 0 Å². The van der Waals surface area contributed by atoms with Crippen molar-refractivity contribution in [1.29, 1.82) is 10.8 Å². The van der Waals surface area contributed by atoms with Crippen LogP contribution in [0.15, 0.2) is 52.4 Å². The largest absolute Gasteiger partial charge is 0.382 e. The highest BCUT2D eigenvalue weighted by atomic mass is 35.5. The van der Waals surface area contributed by atoms with Gasteiger partial charge in [0, 0.05) is 50.6 Å². The van der Waals surface area contributed by atoms with Crippen LogP contribution in [-0.2, 0) is 28.5 Å². The number of aryl methyl sites for hydroxylation is 1. The maximum Gasteiger partial charge on any atom is 0.257 e. The molecule has 0 fully saturated rings. The van der Waals surface area contributed by atoms with Crippen molar-refractivity contribution in [2.45, 2.75) is 65.3 Å². The molecule has 2 aromatic carbocycles. The van der Waals surface area contributed by atoms with E-state index in [2.05, 4.69) is 27.9 Å². The molecule has 0 radical (unpaired) electrons. The summed E-state index contributed by atoms with van der Waals surface area (Å²) in [7, 11) is 0. The summed E-state index contributed by atoms with van der Waals surface area (Å²) in [6, 6.07) is 12.4. The monoisotopic (exact) mass is 910 g/mol. The number of ether oxygens (including phenoxy) is 5. The number of hydrogen-bond donors (Lipinski definition) is 5. The number of hydrogen-bond acceptors (Lipinski definition) is 14. The predicted octanol–water partition coefficient (Wildman–Crippen LogP) is 6.64. The summed E-state index contributed by atoms with van der Waals surface area (Å²) < 4.78 is 28.1. The third kappa shape index (κ3) is 13.9. The van der Waals surface area contributed by atoms with Gasteiger partial charge in [-0.3, -0.25) is 35.3 Å². The van der Waals surface area contributed by atoms with Gasteiger partial charge in [-0.05, 0) is 70.0 Å². The maximum atomic E-state index is 13.1. The van der Waals surface area contributed by atoms with Gasteiger partial charge in [-0.25, -0.2) is 0 Å². The molecule has 0 aliphatic carbocycles. The van der Waals surface area contributed by atoms with Crippen LogP contribution in [0.3, 0.4) is 0 Å². The van der Waals surface area contributed by atoms with Gasteiger partial charge in [0.2, 0.25) is 5.91 Å². The highest BCUT2D eigenvalue weighted by molar-refractivity contribution is 8.14. The van der Waals surface area contributed by atoms with Crippen molar-refractivity contribution in [3.8, 4) is 0 Å². The summed E-state index contributed by atoms with van der Waals surface area (Å²) in [5.41, 5.74) is 5.76. The minimum absolute atomic E-state index is 0.0530. The molecule has 0 saturated heterocycles. The van der Waals surface area contributed by atoms with Crippen LogP contribution in [0.1, 0.15) is 64.7 Å². The van der Waals surface area contributed by atoms with Gasteiger partial charge < -0.3 is 39.6 Å². The SMILES string of the molecule is CC(=N)N1C(=N)[C@H](CC(=O)NCCOCCOCCOCCOCCOCCNc2cccc(C(=O)NC3=NC(C)C(C)S3)c2C)N=C(c2ccc(Cl)cc2)c2c1sc(C)c2C. The third-order valence-corrected chi connectivity index (χ3v) is 12.8. The minimum Gasteiger partial charge on any atom is -0.382 e. The van der Waals surface area contributed by atoms with Crippen LogP contribution in [0, 0.1) is 31.6 Å². The number of nitrogens with zero attached hydrogens (tertiary/aromatic N) is 3. The van der Waals surface area contributed by atoms with Crippen LogP contribution in [0.2, 0.25) is 5.02 Å². The Balaban J connectivity index is 0.872. The molecule has 0 spiro atoms. The number of benzene rings is 2. The van der Waals surface area contributed by atoms with Crippen molar-refractivity contribution < 1.29 is 33.3 Å². The lowest BCUT2D eigenvalue weighted by Crippen LogP contribution is -2.42. The minimum atomic E-state index is -0.801. The number of amidine groups is 3. The average molecular weight is 912 g/mol. The van der Waals surface area contributed by atoms with Gasteiger partial charge in [0.15, 0.2) is 5.17 Å². The van der Waals surface area contributed by atoms with E-state index in [-0.39, 0.29) is 35.9 Å². The molecule has 15 nitrogen and oxygen atoms in total. The highest BCUT2D eigenvalue weighted by Gasteiger charge is 2.35. The van der Waals surface area contributed by atoms with Crippen LogP contribution >= 0.6 is 34.7 Å². The zero-order chi connectivity index (χ0) is 44.6. The van der Waals surface area contributed by atoms with E-state index >= 15 is 0 Å². The predicted molar refractivity (Wildman–Crippen MR) is 251 cm³/mol. The fraction of sp³-hybridized carbons (Fsp3) is 0.500. The number of fused-ring (bicyclic) bond motifs is 1. The van der Waals surface area contributed by atoms with Crippen molar-refractivity contribution in [2.75, 3.05) is 89.4 Å². The Labute approximate surface area is 377 Å². The Morgan fingerprint density at radius 3 is 2.00 bits per heavy atom. The summed E-state index contributed by atoms with van der Waals surface area (Å²) in [6.45, 7) is 16.8. The number of aliphatic imine (C=N–C) groups is 2. The Morgan fingerprint density at radius 2 is 1.42 bits per heavy atom. The second-order valence-electron chi connectivity index (χ2n) is 14.7. The quantitative estimate of drug-likeness (QED) is 0.0392. The molecule has 3 heterocycles. The summed E-state index contributed by atoms with van der Waals surface area (Å²) >= 11 is 9.28. The molecule has 2 aliphatic rings. The molecule has 62 heavy (non-hydrogen) atoms. The summed E-state index contributed by atoms with van der Waals surface area (Å²) in [5, 5.41) is 29.1. The standard InChI is InChI=1S/C44H59ClN8O7S2/c1-27-30(4)61-43-39(27)40(33-10-12-34(45)13-11-33)51-37(41(47)53(43)32(6)46)26-38(54)49-15-17-57-19-21-59-23-25-60-24-22-58-20-18-56-16-14-48-36-9-7-8-35(28(36)2)42(55)52-44-50-29(3)31(5)62-44/h7-13,29,31,37,46-48H,14-26H2,1-6H3,(H,49,54)(H,50,52,55)/t29?,31?,37-/m0/s1. The molecule has 0 saturated carbocycles. The summed E-state index contributed by atoms with van der Waals surface area (Å²) in [6.07, 6.45) is -0.0530. The molecule has 18 heteroatoms. The number of anilines is 2. The van der Waals surface area contributed by atoms with Gasteiger partial charge in [0.25, 0.3) is 5.91 Å². The molecule has 0 bridgehead atoms. The number of halogens is 1. The number of carbonyl (C=O) groups excluding carboxylic acids is 2. The Kier molecular flexibility index (Phi) is 19.4. The average Bonchev–Trinajstić information content (AvgIpc) is 3.67. The van der Waals surface area contributed by atoms with Crippen molar-refractivity contribution in [2.24, 2.45) is 9.98 Å². The molecule has 5 N–H and O–H groups in total. The van der Waals surface area contributed by atoms with Gasteiger partial charge in [-0.15, -0.1) is 11.3 Å². The number of thiophene rings is 1. The first-order valence-corrected chi connectivity index (χ1v) is 22.9. The Morgan fingerprint density at radius 1 is 0.823 bits per heavy atom. The Bertz CT molecular complexity index is 2080. The zero-order valence-electron chi connectivity index (χ0n) is 36.4. The molecule has 1 aromatic heterocycles. The highest BCUT2D eigenvalue weighted by Crippen LogP contribution is 2.40. The smallest absolute Gasteiger partial charge is 0.257 e. The molecular formula is C44H59ClN8O7S2. The third-order valence-electron chi connectivity index (χ3n) is 10.2. The van der Waals surface area contributed by atoms with Gasteiger partial charge in [-0.2, -0.15) is 0 Å². The van der Waals surface area contributed by atoms with E-state index in [1.807, 2.05) is 58.0 Å². The molecule has 336 valence electrons. The lowest BCUT2D eigenvalue weighted by Gasteiger charge is -2.24. The number of nitrogens with one attached hydrogen (secondary N) is 5. The van der Waals surface area contributed by atoms with Gasteiger partial charge >= 0.3 is 0 Å². The summed E-state index contributed by atoms with van der Waals surface area (Å²) in [4.78, 5) is 38.1. The van der Waals surface area contributed by atoms with E-state index in [1.165, 1.54) is 11.3 Å². The van der Waals surface area contributed by atoms with Crippen molar-refractivity contribution >= 4 is 79.8 Å². The fourth-order valence-electron chi connectivity index (χ4n) is 6.53. The van der Waals surface area contributed by atoms with Crippen LogP contribution in [0.4, 0.5) is 10.7 Å². The summed E-state index contributed by atoms with van der Waals surface area (Å²) in [5.74, 6) is -0.163. The van der Waals surface area contributed by atoms with Gasteiger partial charge in [0.1, 0.15) is 22.7 Å². The molecule has 2 amide bonds. The molecular weight excluding hydrogens is 852 g/mol. The number of amides is 2. The first-order chi connectivity index (χ1) is 29.8. The number of thioether (sulfide) groups is 1. The first kappa shape index (κ1) is 48.8. The normalized spacial score (nSPS) is 17.3. The number of carbonyl (C=O) groups is 2. The number of rotatable bonds is 23. The van der Waals surface area contributed by atoms with Crippen molar-refractivity contribution in [3.63, 3.8) is 0 Å². The zero-order valence-corrected chi connectivity index (χ0v) is 38.7.